The maximum atomic E-state index is 12.4. The van der Waals surface area contributed by atoms with E-state index in [4.69, 9.17) is 37.2 Å². The van der Waals surface area contributed by atoms with E-state index in [0.29, 0.717) is 45.7 Å². The van der Waals surface area contributed by atoms with Crippen molar-refractivity contribution in [1.82, 2.24) is 15.1 Å². The fraction of sp³-hybridized carbons (Fsp3) is 0.190. The highest BCUT2D eigenvalue weighted by Gasteiger charge is 2.27. The van der Waals surface area contributed by atoms with Crippen molar-refractivity contribution in [3.05, 3.63) is 52.3 Å². The van der Waals surface area contributed by atoms with Crippen LogP contribution in [0.25, 0.3) is 11.4 Å². The number of fused-ring (bicyclic) bond motifs is 1. The summed E-state index contributed by atoms with van der Waals surface area (Å²) in [6.45, 7) is -0.140. The van der Waals surface area contributed by atoms with E-state index in [2.05, 4.69) is 20.6 Å². The highest BCUT2D eigenvalue weighted by atomic mass is 35.5. The van der Waals surface area contributed by atoms with Crippen molar-refractivity contribution in [3.8, 4) is 22.9 Å². The molecule has 3 heterocycles. The summed E-state index contributed by atoms with van der Waals surface area (Å²) >= 11 is 12.0. The molecule has 0 fully saturated rings. The second kappa shape index (κ2) is 8.72. The molecule has 1 aromatic heterocycles. The van der Waals surface area contributed by atoms with Gasteiger partial charge in [0.05, 0.1) is 10.7 Å². The molecule has 2 amide bonds. The Labute approximate surface area is 197 Å². The van der Waals surface area contributed by atoms with Gasteiger partial charge in [-0.05, 0) is 36.4 Å². The number of nitrogens with zero attached hydrogens (tertiary/aromatic N) is 4. The molecule has 2 aliphatic rings. The average Bonchev–Trinajstić information content (AvgIpc) is 3.46. The van der Waals surface area contributed by atoms with Crippen LogP contribution in [-0.4, -0.2) is 46.0 Å². The van der Waals surface area contributed by atoms with E-state index in [1.54, 1.807) is 30.3 Å². The molecular formula is C21H15Cl2N5O5. The first-order valence-corrected chi connectivity index (χ1v) is 10.6. The third-order valence-electron chi connectivity index (χ3n) is 4.91. The number of halogens is 2. The normalized spacial score (nSPS) is 14.9. The van der Waals surface area contributed by atoms with E-state index < -0.39 is 5.91 Å². The van der Waals surface area contributed by atoms with E-state index in [0.717, 1.165) is 5.01 Å². The lowest BCUT2D eigenvalue weighted by Crippen LogP contribution is -2.38. The Morgan fingerprint density at radius 2 is 1.94 bits per heavy atom. The van der Waals surface area contributed by atoms with Gasteiger partial charge in [-0.15, -0.1) is 0 Å². The number of aromatic nitrogens is 2. The predicted molar refractivity (Wildman–Crippen MR) is 118 cm³/mol. The van der Waals surface area contributed by atoms with Gasteiger partial charge in [0.2, 0.25) is 24.4 Å². The summed E-state index contributed by atoms with van der Waals surface area (Å²) in [5.74, 6) is 0.977. The van der Waals surface area contributed by atoms with Crippen LogP contribution in [0.3, 0.4) is 0 Å². The Balaban J connectivity index is 1.31. The summed E-state index contributed by atoms with van der Waals surface area (Å²) < 4.78 is 16.0. The summed E-state index contributed by atoms with van der Waals surface area (Å²) in [7, 11) is 0. The first-order valence-electron chi connectivity index (χ1n) is 9.83. The Hall–Kier alpha value is -3.63. The third kappa shape index (κ3) is 4.48. The van der Waals surface area contributed by atoms with Crippen LogP contribution >= 0.6 is 23.2 Å². The van der Waals surface area contributed by atoms with Crippen LogP contribution in [-0.2, 0) is 9.59 Å². The molecule has 0 radical (unpaired) electrons. The summed E-state index contributed by atoms with van der Waals surface area (Å²) in [4.78, 5) is 29.1. The van der Waals surface area contributed by atoms with Crippen LogP contribution in [0.4, 0.5) is 5.69 Å². The van der Waals surface area contributed by atoms with Crippen molar-refractivity contribution >= 4 is 46.4 Å². The number of hydrogen-bond donors (Lipinski definition) is 1. The molecule has 0 bridgehead atoms. The van der Waals surface area contributed by atoms with Crippen LogP contribution in [0.15, 0.2) is 46.0 Å². The maximum absolute atomic E-state index is 12.4. The van der Waals surface area contributed by atoms with E-state index >= 15 is 0 Å². The standard InChI is InChI=1S/C21H15Cl2N5O5/c22-12-2-3-14(13(23)8-12)24-18(29)9-28-19(30)6-4-15(26-28)21-25-20(27-33-21)11-1-5-16-17(7-11)32-10-31-16/h1-3,5,7-8H,4,6,9-10H2,(H,24,29). The zero-order chi connectivity index (χ0) is 22.9. The number of amides is 2. The second-order valence-corrected chi connectivity index (χ2v) is 8.01. The number of carbonyl (C=O) groups excluding carboxylic acids is 2. The molecule has 10 nitrogen and oxygen atoms in total. The van der Waals surface area contributed by atoms with Crippen molar-refractivity contribution in [3.63, 3.8) is 0 Å². The lowest BCUT2D eigenvalue weighted by Gasteiger charge is -2.21. The summed E-state index contributed by atoms with van der Waals surface area (Å²) in [5.41, 5.74) is 1.47. The minimum atomic E-state index is -0.468. The Bertz CT molecular complexity index is 1290. The predicted octanol–water partition coefficient (Wildman–Crippen LogP) is 3.74. The SMILES string of the molecule is O=C(CN1N=C(c2nc(-c3ccc4c(c3)OCO4)no2)CCC1=O)Nc1ccc(Cl)cc1Cl. The first-order chi connectivity index (χ1) is 16.0. The molecule has 2 aliphatic heterocycles. The summed E-state index contributed by atoms with van der Waals surface area (Å²) in [5, 5.41) is 12.7. The first kappa shape index (κ1) is 21.2. The van der Waals surface area contributed by atoms with Crippen LogP contribution in [0, 0.1) is 0 Å². The molecule has 2 aromatic carbocycles. The molecule has 0 saturated heterocycles. The van der Waals surface area contributed by atoms with Gasteiger partial charge < -0.3 is 19.3 Å². The highest BCUT2D eigenvalue weighted by molar-refractivity contribution is 6.36. The molecule has 0 atom stereocenters. The van der Waals surface area contributed by atoms with Crippen molar-refractivity contribution < 1.29 is 23.6 Å². The third-order valence-corrected chi connectivity index (χ3v) is 5.46. The second-order valence-electron chi connectivity index (χ2n) is 7.16. The highest BCUT2D eigenvalue weighted by Crippen LogP contribution is 2.35. The zero-order valence-corrected chi connectivity index (χ0v) is 18.4. The molecule has 33 heavy (non-hydrogen) atoms. The van der Waals surface area contributed by atoms with Gasteiger partial charge in [0.15, 0.2) is 11.5 Å². The molecule has 0 aliphatic carbocycles. The maximum Gasteiger partial charge on any atom is 0.274 e. The number of anilines is 1. The van der Waals surface area contributed by atoms with Gasteiger partial charge in [-0.2, -0.15) is 10.1 Å². The number of carbonyl (C=O) groups is 2. The molecule has 12 heteroatoms. The molecule has 0 saturated carbocycles. The topological polar surface area (TPSA) is 119 Å². The van der Waals surface area contributed by atoms with Crippen molar-refractivity contribution in [2.24, 2.45) is 5.10 Å². The Morgan fingerprint density at radius 3 is 2.79 bits per heavy atom. The molecule has 168 valence electrons. The minimum absolute atomic E-state index is 0.148. The number of benzene rings is 2. The van der Waals surface area contributed by atoms with Gasteiger partial charge >= 0.3 is 0 Å². The van der Waals surface area contributed by atoms with Crippen molar-refractivity contribution in [2.45, 2.75) is 12.8 Å². The number of ether oxygens (including phenoxy) is 2. The molecular weight excluding hydrogens is 473 g/mol. The molecule has 0 spiro atoms. The van der Waals surface area contributed by atoms with Gasteiger partial charge in [-0.3, -0.25) is 9.59 Å². The van der Waals surface area contributed by atoms with E-state index in [9.17, 15) is 9.59 Å². The number of rotatable bonds is 5. The van der Waals surface area contributed by atoms with Crippen LogP contribution in [0.5, 0.6) is 11.5 Å². The Kier molecular flexibility index (Phi) is 5.61. The van der Waals surface area contributed by atoms with E-state index in [-0.39, 0.29) is 36.6 Å². The number of hydrogen-bond acceptors (Lipinski definition) is 8. The van der Waals surface area contributed by atoms with Gasteiger partial charge in [-0.1, -0.05) is 28.4 Å². The van der Waals surface area contributed by atoms with Crippen molar-refractivity contribution in [1.29, 1.82) is 0 Å². The van der Waals surface area contributed by atoms with Crippen LogP contribution in [0.1, 0.15) is 18.7 Å². The molecule has 0 unspecified atom stereocenters. The zero-order valence-electron chi connectivity index (χ0n) is 16.9. The summed E-state index contributed by atoms with van der Waals surface area (Å²) in [6.07, 6.45) is 0.457. The number of hydrazone groups is 1. The van der Waals surface area contributed by atoms with Gasteiger partial charge in [0, 0.05) is 23.4 Å². The lowest BCUT2D eigenvalue weighted by molar-refractivity contribution is -0.135. The van der Waals surface area contributed by atoms with Crippen LogP contribution < -0.4 is 14.8 Å². The molecule has 5 rings (SSSR count). The number of nitrogens with one attached hydrogen (secondary N) is 1. The monoisotopic (exact) mass is 487 g/mol. The fourth-order valence-electron chi connectivity index (χ4n) is 3.29. The van der Waals surface area contributed by atoms with Crippen LogP contribution in [0.2, 0.25) is 10.0 Å². The van der Waals surface area contributed by atoms with E-state index in [1.165, 1.54) is 6.07 Å². The fourth-order valence-corrected chi connectivity index (χ4v) is 3.75. The summed E-state index contributed by atoms with van der Waals surface area (Å²) in [6, 6.07) is 9.98. The average molecular weight is 488 g/mol. The van der Waals surface area contributed by atoms with Gasteiger partial charge in [0.1, 0.15) is 12.3 Å². The van der Waals surface area contributed by atoms with E-state index in [1.807, 2.05) is 0 Å². The largest absolute Gasteiger partial charge is 0.454 e. The Morgan fingerprint density at radius 1 is 1.09 bits per heavy atom. The van der Waals surface area contributed by atoms with Crippen molar-refractivity contribution in [2.75, 3.05) is 18.7 Å². The lowest BCUT2D eigenvalue weighted by atomic mass is 10.1. The quantitative estimate of drug-likeness (QED) is 0.581. The smallest absolute Gasteiger partial charge is 0.274 e. The van der Waals surface area contributed by atoms with Gasteiger partial charge in [-0.25, -0.2) is 5.01 Å². The van der Waals surface area contributed by atoms with Gasteiger partial charge in [0.25, 0.3) is 5.89 Å². The minimum Gasteiger partial charge on any atom is -0.454 e. The molecule has 1 N–H and O–H groups in total. The molecule has 3 aromatic rings.